The summed E-state index contributed by atoms with van der Waals surface area (Å²) >= 11 is 0. The molecule has 0 aromatic heterocycles. The molecular formula is C49H71N5O9. The summed E-state index contributed by atoms with van der Waals surface area (Å²) in [6.07, 6.45) is 0.498. The van der Waals surface area contributed by atoms with Gasteiger partial charge < -0.3 is 34.7 Å². The summed E-state index contributed by atoms with van der Waals surface area (Å²) in [4.78, 5) is 99.0. The highest BCUT2D eigenvalue weighted by Gasteiger charge is 2.43. The molecule has 346 valence electrons. The molecule has 3 rings (SSSR count). The number of hydrogen-bond donors (Lipinski definition) is 2. The number of hydrogen-bond acceptors (Lipinski definition) is 10. The van der Waals surface area contributed by atoms with Crippen LogP contribution in [0.15, 0.2) is 66.7 Å². The van der Waals surface area contributed by atoms with Gasteiger partial charge in [-0.25, -0.2) is 4.79 Å². The molecule has 3 unspecified atom stereocenters. The average Bonchev–Trinajstić information content (AvgIpc) is 3.73. The van der Waals surface area contributed by atoms with Crippen molar-refractivity contribution in [3.8, 4) is 0 Å². The first-order valence-electron chi connectivity index (χ1n) is 22.1. The molecule has 1 fully saturated rings. The van der Waals surface area contributed by atoms with Crippen LogP contribution in [0.4, 0.5) is 0 Å². The lowest BCUT2D eigenvalue weighted by Gasteiger charge is -2.39. The molecule has 0 spiro atoms. The minimum Gasteiger partial charge on any atom is -0.452 e. The van der Waals surface area contributed by atoms with Crippen molar-refractivity contribution in [2.24, 2.45) is 23.7 Å². The number of likely N-dealkylation sites (tertiary alicyclic amines) is 1. The largest absolute Gasteiger partial charge is 0.452 e. The Kier molecular flexibility index (Phi) is 19.9. The summed E-state index contributed by atoms with van der Waals surface area (Å²) in [5.74, 6) is -4.08. The third kappa shape index (κ3) is 13.4. The van der Waals surface area contributed by atoms with E-state index >= 15 is 0 Å². The Bertz CT molecular complexity index is 1890. The molecule has 63 heavy (non-hydrogen) atoms. The molecule has 1 saturated heterocycles. The zero-order chi connectivity index (χ0) is 47.3. The highest BCUT2D eigenvalue weighted by Crippen LogP contribution is 2.31. The Morgan fingerprint density at radius 3 is 1.97 bits per heavy atom. The van der Waals surface area contributed by atoms with E-state index in [0.717, 1.165) is 6.29 Å². The molecule has 1 heterocycles. The van der Waals surface area contributed by atoms with Gasteiger partial charge in [-0.05, 0) is 76.7 Å². The molecule has 2 aromatic carbocycles. The van der Waals surface area contributed by atoms with Crippen molar-refractivity contribution in [3.63, 3.8) is 0 Å². The quantitative estimate of drug-likeness (QED) is 0.0615. The number of carbonyl (C=O) groups is 7. The highest BCUT2D eigenvalue weighted by atomic mass is 16.5. The van der Waals surface area contributed by atoms with E-state index in [0.29, 0.717) is 42.5 Å². The van der Waals surface area contributed by atoms with Crippen LogP contribution in [0.1, 0.15) is 113 Å². The zero-order valence-electron chi connectivity index (χ0n) is 39.4. The predicted octanol–water partition coefficient (Wildman–Crippen LogP) is 5.66. The van der Waals surface area contributed by atoms with Gasteiger partial charge in [0.1, 0.15) is 18.4 Å². The van der Waals surface area contributed by atoms with Gasteiger partial charge in [0.05, 0.1) is 36.2 Å². The second-order valence-corrected chi connectivity index (χ2v) is 17.7. The van der Waals surface area contributed by atoms with Crippen LogP contribution in [0.3, 0.4) is 0 Å². The molecule has 14 nitrogen and oxygen atoms in total. The predicted molar refractivity (Wildman–Crippen MR) is 243 cm³/mol. The number of nitrogens with one attached hydrogen (secondary N) is 2. The summed E-state index contributed by atoms with van der Waals surface area (Å²) < 4.78 is 11.9. The van der Waals surface area contributed by atoms with E-state index in [1.165, 1.54) is 31.1 Å². The number of Topliss-reactive ketones (excluding diaryl/α,β-unsaturated/α-hetero) is 1. The fourth-order valence-corrected chi connectivity index (χ4v) is 8.63. The number of nitrogens with zero attached hydrogens (tertiary/aromatic N) is 3. The molecule has 1 aliphatic rings. The van der Waals surface area contributed by atoms with Crippen molar-refractivity contribution in [3.05, 3.63) is 83.4 Å². The second kappa shape index (κ2) is 24.0. The van der Waals surface area contributed by atoms with E-state index in [1.807, 2.05) is 59.7 Å². The normalized spacial score (nSPS) is 17.8. The van der Waals surface area contributed by atoms with Crippen LogP contribution in [0.5, 0.6) is 0 Å². The standard InChI is InChI=1S/C49H71N5O9/c1-14-31(6)44(53(12)48(60)42(29(2)3)51-47(59)43(30(4)5)52(10)11)40(62-13)27-41(57)54-26-18-21-39(54)38(28-55)32(7)46(58)50-33(8)45(36-19-16-15-17-20-36)63-49(61)37-24-22-35(23-25-37)34(9)56/h15-17,19-20,22-25,28-30,32-33,38-40,42-45H,6,14,18,21,26-27H2,1-5,7-13H3,(H,50,58)(H,51,59)/t32-,33-,38?,39+,40-,42+,43+,44?,45?/m1/s1. The van der Waals surface area contributed by atoms with Crippen LogP contribution in [-0.2, 0) is 33.4 Å². The Balaban J connectivity index is 1.80. The number of ketones is 1. The number of benzene rings is 2. The fourth-order valence-electron chi connectivity index (χ4n) is 8.63. The lowest BCUT2D eigenvalue weighted by molar-refractivity contribution is -0.144. The minimum absolute atomic E-state index is 0.000623. The van der Waals surface area contributed by atoms with Gasteiger partial charge in [0.15, 0.2) is 5.78 Å². The van der Waals surface area contributed by atoms with Crippen LogP contribution in [0, 0.1) is 23.7 Å². The van der Waals surface area contributed by atoms with E-state index in [9.17, 15) is 33.6 Å². The highest BCUT2D eigenvalue weighted by molar-refractivity contribution is 5.96. The molecule has 1 aliphatic heterocycles. The van der Waals surface area contributed by atoms with Crippen LogP contribution in [0.25, 0.3) is 0 Å². The number of rotatable bonds is 23. The monoisotopic (exact) mass is 874 g/mol. The van der Waals surface area contributed by atoms with Crippen molar-refractivity contribution in [1.82, 2.24) is 25.3 Å². The maximum Gasteiger partial charge on any atom is 0.338 e. The number of aldehydes is 1. The van der Waals surface area contributed by atoms with Gasteiger partial charge in [0, 0.05) is 44.1 Å². The summed E-state index contributed by atoms with van der Waals surface area (Å²) in [7, 11) is 6.77. The summed E-state index contributed by atoms with van der Waals surface area (Å²) in [6, 6.07) is 11.8. The Morgan fingerprint density at radius 2 is 1.46 bits per heavy atom. The van der Waals surface area contributed by atoms with E-state index < -0.39 is 66.1 Å². The molecule has 0 saturated carbocycles. The minimum atomic E-state index is -0.898. The smallest absolute Gasteiger partial charge is 0.338 e. The maximum atomic E-state index is 14.3. The first-order chi connectivity index (χ1) is 29.7. The summed E-state index contributed by atoms with van der Waals surface area (Å²) in [6.45, 7) is 19.0. The second-order valence-electron chi connectivity index (χ2n) is 17.7. The molecule has 0 aliphatic carbocycles. The number of amides is 4. The Labute approximate surface area is 374 Å². The number of methoxy groups -OCH3 is 1. The molecule has 0 bridgehead atoms. The van der Waals surface area contributed by atoms with Gasteiger partial charge >= 0.3 is 5.97 Å². The van der Waals surface area contributed by atoms with Gasteiger partial charge in [-0.3, -0.25) is 28.9 Å². The zero-order valence-corrected chi connectivity index (χ0v) is 39.4. The van der Waals surface area contributed by atoms with Crippen LogP contribution >= 0.6 is 0 Å². The van der Waals surface area contributed by atoms with Crippen LogP contribution in [-0.4, -0.2) is 127 Å². The van der Waals surface area contributed by atoms with E-state index in [1.54, 1.807) is 62.2 Å². The summed E-state index contributed by atoms with van der Waals surface area (Å²) in [5.41, 5.74) is 2.00. The summed E-state index contributed by atoms with van der Waals surface area (Å²) in [5, 5.41) is 5.96. The van der Waals surface area contributed by atoms with Crippen LogP contribution < -0.4 is 10.6 Å². The molecule has 9 atom stereocenters. The van der Waals surface area contributed by atoms with Gasteiger partial charge in [-0.1, -0.05) is 96.2 Å². The number of likely N-dealkylation sites (N-methyl/N-ethyl adjacent to an activating group) is 2. The van der Waals surface area contributed by atoms with Crippen molar-refractivity contribution >= 4 is 41.7 Å². The Hall–Kier alpha value is -5.21. The molecule has 4 amide bonds. The van der Waals surface area contributed by atoms with Gasteiger partial charge in [-0.15, -0.1) is 0 Å². The molecule has 14 heteroatoms. The third-order valence-corrected chi connectivity index (χ3v) is 12.3. The van der Waals surface area contributed by atoms with Crippen LogP contribution in [0.2, 0.25) is 0 Å². The van der Waals surface area contributed by atoms with Crippen molar-refractivity contribution in [2.45, 2.75) is 123 Å². The van der Waals surface area contributed by atoms with E-state index in [4.69, 9.17) is 9.47 Å². The molecule has 2 N–H and O–H groups in total. The number of carbonyl (C=O) groups excluding carboxylic acids is 7. The number of esters is 1. The lowest BCUT2D eigenvalue weighted by atomic mass is 9.85. The van der Waals surface area contributed by atoms with Gasteiger partial charge in [0.25, 0.3) is 0 Å². The van der Waals surface area contributed by atoms with Gasteiger partial charge in [0.2, 0.25) is 23.6 Å². The topological polar surface area (TPSA) is 172 Å². The van der Waals surface area contributed by atoms with Crippen molar-refractivity contribution in [1.29, 1.82) is 0 Å². The molecule has 0 radical (unpaired) electrons. The van der Waals surface area contributed by atoms with Crippen molar-refractivity contribution < 1.29 is 43.0 Å². The van der Waals surface area contributed by atoms with Gasteiger partial charge in [-0.2, -0.15) is 0 Å². The average molecular weight is 874 g/mol. The molecular weight excluding hydrogens is 803 g/mol. The first kappa shape index (κ1) is 52.1. The first-order valence-corrected chi connectivity index (χ1v) is 22.1. The molecule has 2 aromatic rings. The lowest BCUT2D eigenvalue weighted by Crippen LogP contribution is -2.59. The third-order valence-electron chi connectivity index (χ3n) is 12.3. The number of ether oxygens (including phenoxy) is 2. The van der Waals surface area contributed by atoms with Crippen molar-refractivity contribution in [2.75, 3.05) is 34.8 Å². The van der Waals surface area contributed by atoms with E-state index in [2.05, 4.69) is 17.2 Å². The van der Waals surface area contributed by atoms with E-state index in [-0.39, 0.29) is 47.3 Å². The Morgan fingerprint density at radius 1 is 0.857 bits per heavy atom. The fraction of sp³-hybridized carbons (Fsp3) is 0.571. The maximum absolute atomic E-state index is 14.3. The SMILES string of the molecule is C=C(CC)C([C@@H](CC(=O)N1CCC[C@H]1C(C=O)[C@@H](C)C(=O)N[C@H](C)C(OC(=O)c1ccc(C(C)=O)cc1)c1ccccc1)OC)N(C)C(=O)[C@@H](NC(=O)[C@H](C(C)C)N(C)C)C(C)C.